The number of nitrogens with one attached hydrogen (secondary N) is 1. The van der Waals surface area contributed by atoms with Gasteiger partial charge in [0.1, 0.15) is 0 Å². The fourth-order valence-electron chi connectivity index (χ4n) is 3.00. The summed E-state index contributed by atoms with van der Waals surface area (Å²) in [5, 5.41) is 4.47. The van der Waals surface area contributed by atoms with Gasteiger partial charge in [-0.25, -0.2) is 0 Å². The van der Waals surface area contributed by atoms with Crippen LogP contribution in [0.5, 0.6) is 0 Å². The minimum Gasteiger partial charge on any atom is -0.355 e. The second-order valence-electron chi connectivity index (χ2n) is 5.77. The molecule has 0 aromatic rings. The summed E-state index contributed by atoms with van der Waals surface area (Å²) in [6, 6.07) is 0. The number of carbonyl (C=O) groups is 1. The number of rotatable bonds is 4. The highest BCUT2D eigenvalue weighted by atomic mass is 79.9. The van der Waals surface area contributed by atoms with E-state index in [1.54, 1.807) is 0 Å². The number of amides is 1. The second kappa shape index (κ2) is 7.18. The molecule has 18 heavy (non-hydrogen) atoms. The Kier molecular flexibility index (Phi) is 5.87. The Balaban J connectivity index is 1.79. The standard InChI is InChI=1S/C14H24BrNOS/c15-10-14(7-3-1-4-8-14)11-16-13(17)12-6-2-5-9-18-12/h12H,1-11H2,(H,16,17). The molecule has 2 fully saturated rings. The van der Waals surface area contributed by atoms with Gasteiger partial charge in [0.25, 0.3) is 0 Å². The summed E-state index contributed by atoms with van der Waals surface area (Å²) in [7, 11) is 0. The van der Waals surface area contributed by atoms with Gasteiger partial charge in [0.2, 0.25) is 5.91 Å². The first-order valence-electron chi connectivity index (χ1n) is 7.21. The van der Waals surface area contributed by atoms with Gasteiger partial charge in [-0.1, -0.05) is 41.6 Å². The zero-order valence-electron chi connectivity index (χ0n) is 11.0. The Labute approximate surface area is 123 Å². The van der Waals surface area contributed by atoms with Crippen LogP contribution in [-0.2, 0) is 4.79 Å². The molecule has 1 atom stereocenters. The van der Waals surface area contributed by atoms with Crippen molar-refractivity contribution in [2.45, 2.75) is 56.6 Å². The van der Waals surface area contributed by atoms with E-state index < -0.39 is 0 Å². The molecule has 1 N–H and O–H groups in total. The van der Waals surface area contributed by atoms with E-state index in [0.717, 1.165) is 24.0 Å². The summed E-state index contributed by atoms with van der Waals surface area (Å²) in [6.07, 6.45) is 10.1. The van der Waals surface area contributed by atoms with Crippen molar-refractivity contribution in [3.05, 3.63) is 0 Å². The monoisotopic (exact) mass is 333 g/mol. The maximum absolute atomic E-state index is 12.2. The minimum atomic E-state index is 0.217. The first-order valence-corrected chi connectivity index (χ1v) is 9.38. The van der Waals surface area contributed by atoms with Gasteiger partial charge >= 0.3 is 0 Å². The number of halogens is 1. The summed E-state index contributed by atoms with van der Waals surface area (Å²) in [6.45, 7) is 0.869. The van der Waals surface area contributed by atoms with Crippen LogP contribution in [0.1, 0.15) is 51.4 Å². The molecular weight excluding hydrogens is 310 g/mol. The lowest BCUT2D eigenvalue weighted by atomic mass is 9.75. The van der Waals surface area contributed by atoms with Crippen LogP contribution in [0.15, 0.2) is 0 Å². The Morgan fingerprint density at radius 1 is 1.22 bits per heavy atom. The van der Waals surface area contributed by atoms with Gasteiger partial charge in [0, 0.05) is 11.9 Å². The van der Waals surface area contributed by atoms with Crippen molar-refractivity contribution in [2.75, 3.05) is 17.6 Å². The van der Waals surface area contributed by atoms with Crippen molar-refractivity contribution in [3.8, 4) is 0 Å². The molecule has 0 radical (unpaired) electrons. The summed E-state index contributed by atoms with van der Waals surface area (Å²) in [5.41, 5.74) is 0.327. The first kappa shape index (κ1) is 14.7. The average Bonchev–Trinajstić information content (AvgIpc) is 2.47. The van der Waals surface area contributed by atoms with Crippen LogP contribution < -0.4 is 5.32 Å². The lowest BCUT2D eigenvalue weighted by Crippen LogP contribution is -2.43. The van der Waals surface area contributed by atoms with Gasteiger partial charge in [0.15, 0.2) is 0 Å². The Bertz CT molecular complexity index is 273. The number of hydrogen-bond acceptors (Lipinski definition) is 2. The minimum absolute atomic E-state index is 0.217. The van der Waals surface area contributed by atoms with Gasteiger partial charge in [-0.15, -0.1) is 11.8 Å². The van der Waals surface area contributed by atoms with Gasteiger partial charge < -0.3 is 5.32 Å². The maximum atomic E-state index is 12.2. The van der Waals surface area contributed by atoms with E-state index in [4.69, 9.17) is 0 Å². The fourth-order valence-corrected chi connectivity index (χ4v) is 4.98. The molecular formula is C14H24BrNOS. The smallest absolute Gasteiger partial charge is 0.233 e. The van der Waals surface area contributed by atoms with Crippen LogP contribution in [-0.4, -0.2) is 28.8 Å². The lowest BCUT2D eigenvalue weighted by molar-refractivity contribution is -0.121. The van der Waals surface area contributed by atoms with E-state index in [2.05, 4.69) is 21.2 Å². The second-order valence-corrected chi connectivity index (χ2v) is 7.64. The fraction of sp³-hybridized carbons (Fsp3) is 0.929. The van der Waals surface area contributed by atoms with Gasteiger partial charge in [-0.2, -0.15) is 0 Å². The Hall–Kier alpha value is 0.300. The van der Waals surface area contributed by atoms with E-state index in [9.17, 15) is 4.79 Å². The predicted octanol–water partition coefficient (Wildman–Crippen LogP) is 3.73. The van der Waals surface area contributed by atoms with Crippen molar-refractivity contribution in [3.63, 3.8) is 0 Å². The Morgan fingerprint density at radius 3 is 2.61 bits per heavy atom. The van der Waals surface area contributed by atoms with Crippen LogP contribution in [0, 0.1) is 5.41 Å². The van der Waals surface area contributed by atoms with Crippen molar-refractivity contribution in [2.24, 2.45) is 5.41 Å². The molecule has 0 aromatic heterocycles. The summed E-state index contributed by atoms with van der Waals surface area (Å²) in [4.78, 5) is 12.2. The zero-order chi connectivity index (χ0) is 12.8. The molecule has 2 aliphatic rings. The predicted molar refractivity (Wildman–Crippen MR) is 82.4 cm³/mol. The molecule has 1 unspecified atom stereocenters. The topological polar surface area (TPSA) is 29.1 Å². The van der Waals surface area contributed by atoms with E-state index in [1.807, 2.05) is 11.8 Å². The molecule has 0 spiro atoms. The third-order valence-corrected chi connectivity index (χ3v) is 6.87. The van der Waals surface area contributed by atoms with Crippen molar-refractivity contribution in [1.29, 1.82) is 0 Å². The Morgan fingerprint density at radius 2 is 2.00 bits per heavy atom. The third kappa shape index (κ3) is 3.89. The number of carbonyl (C=O) groups excluding carboxylic acids is 1. The SMILES string of the molecule is O=C(NCC1(CBr)CCCCC1)C1CCCCS1. The molecule has 0 bridgehead atoms. The zero-order valence-corrected chi connectivity index (χ0v) is 13.5. The molecule has 104 valence electrons. The molecule has 1 amide bonds. The summed E-state index contributed by atoms with van der Waals surface area (Å²) < 4.78 is 0. The molecule has 1 heterocycles. The van der Waals surface area contributed by atoms with Crippen LogP contribution in [0.2, 0.25) is 0 Å². The maximum Gasteiger partial charge on any atom is 0.233 e. The summed E-state index contributed by atoms with van der Waals surface area (Å²) in [5.74, 6) is 1.44. The normalized spacial score (nSPS) is 27.7. The molecule has 2 nitrogen and oxygen atoms in total. The third-order valence-electron chi connectivity index (χ3n) is 4.31. The molecule has 2 rings (SSSR count). The molecule has 1 saturated carbocycles. The van der Waals surface area contributed by atoms with Crippen molar-refractivity contribution >= 4 is 33.6 Å². The highest BCUT2D eigenvalue weighted by Crippen LogP contribution is 2.37. The van der Waals surface area contributed by atoms with Crippen molar-refractivity contribution in [1.82, 2.24) is 5.32 Å². The van der Waals surface area contributed by atoms with Crippen LogP contribution >= 0.6 is 27.7 Å². The van der Waals surface area contributed by atoms with Crippen molar-refractivity contribution < 1.29 is 4.79 Å². The van der Waals surface area contributed by atoms with E-state index >= 15 is 0 Å². The van der Waals surface area contributed by atoms with Gasteiger partial charge in [-0.3, -0.25) is 4.79 Å². The van der Waals surface area contributed by atoms with E-state index in [0.29, 0.717) is 5.41 Å². The number of hydrogen-bond donors (Lipinski definition) is 1. The summed E-state index contributed by atoms with van der Waals surface area (Å²) >= 11 is 5.50. The molecule has 1 aliphatic heterocycles. The molecule has 4 heteroatoms. The highest BCUT2D eigenvalue weighted by Gasteiger charge is 2.32. The van der Waals surface area contributed by atoms with Crippen LogP contribution in [0.3, 0.4) is 0 Å². The number of alkyl halides is 1. The van der Waals surface area contributed by atoms with E-state index in [1.165, 1.54) is 44.9 Å². The molecule has 0 aromatic carbocycles. The van der Waals surface area contributed by atoms with Crippen LogP contribution in [0.25, 0.3) is 0 Å². The first-order chi connectivity index (χ1) is 8.76. The molecule has 1 saturated heterocycles. The largest absolute Gasteiger partial charge is 0.355 e. The molecule has 1 aliphatic carbocycles. The van der Waals surface area contributed by atoms with Crippen LogP contribution in [0.4, 0.5) is 0 Å². The quantitative estimate of drug-likeness (QED) is 0.794. The van der Waals surface area contributed by atoms with E-state index in [-0.39, 0.29) is 11.2 Å². The lowest BCUT2D eigenvalue weighted by Gasteiger charge is -2.36. The highest BCUT2D eigenvalue weighted by molar-refractivity contribution is 9.09. The van der Waals surface area contributed by atoms with Gasteiger partial charge in [-0.05, 0) is 36.9 Å². The van der Waals surface area contributed by atoms with Gasteiger partial charge in [0.05, 0.1) is 5.25 Å². The number of thioether (sulfide) groups is 1. The average molecular weight is 334 g/mol.